The van der Waals surface area contributed by atoms with Gasteiger partial charge < -0.3 is 10.6 Å². The first-order valence-electron chi connectivity index (χ1n) is 6.68. The molecule has 0 spiro atoms. The lowest BCUT2D eigenvalue weighted by atomic mass is 9.85. The van der Waals surface area contributed by atoms with Gasteiger partial charge in [-0.2, -0.15) is 0 Å². The summed E-state index contributed by atoms with van der Waals surface area (Å²) in [6, 6.07) is 2.64. The van der Waals surface area contributed by atoms with Crippen molar-refractivity contribution in [2.75, 3.05) is 17.2 Å². The maximum atomic E-state index is 13.5. The number of benzene rings is 1. The molecule has 1 aromatic carbocycles. The highest BCUT2D eigenvalue weighted by atomic mass is 19.1. The predicted molar refractivity (Wildman–Crippen MR) is 68.5 cm³/mol. The monoisotopic (exact) mass is 252 g/mol. The summed E-state index contributed by atoms with van der Waals surface area (Å²) in [4.78, 5) is 2.12. The van der Waals surface area contributed by atoms with Crippen LogP contribution in [0, 0.1) is 17.6 Å². The van der Waals surface area contributed by atoms with Gasteiger partial charge in [0.25, 0.3) is 0 Å². The molecule has 2 unspecified atom stereocenters. The Hall–Kier alpha value is -1.32. The van der Waals surface area contributed by atoms with Crippen molar-refractivity contribution in [2.45, 2.75) is 38.1 Å². The first kappa shape index (κ1) is 11.8. The summed E-state index contributed by atoms with van der Waals surface area (Å²) in [6.07, 6.45) is 5.95. The third-order valence-electron chi connectivity index (χ3n) is 4.39. The number of fused-ring (bicyclic) bond motifs is 1. The van der Waals surface area contributed by atoms with E-state index in [2.05, 4.69) is 4.90 Å². The van der Waals surface area contributed by atoms with Crippen molar-refractivity contribution in [1.29, 1.82) is 0 Å². The number of hydrogen-bond acceptors (Lipinski definition) is 2. The van der Waals surface area contributed by atoms with Crippen LogP contribution in [0.2, 0.25) is 0 Å². The van der Waals surface area contributed by atoms with Crippen LogP contribution in [0.4, 0.5) is 20.2 Å². The van der Waals surface area contributed by atoms with E-state index in [4.69, 9.17) is 5.73 Å². The molecule has 0 amide bonds. The van der Waals surface area contributed by atoms with E-state index in [0.29, 0.717) is 17.6 Å². The van der Waals surface area contributed by atoms with Gasteiger partial charge in [-0.1, -0.05) is 12.8 Å². The molecule has 2 aliphatic rings. The fourth-order valence-electron chi connectivity index (χ4n) is 3.51. The number of halogens is 2. The van der Waals surface area contributed by atoms with Gasteiger partial charge in [0.2, 0.25) is 0 Å². The van der Waals surface area contributed by atoms with Crippen LogP contribution in [-0.2, 0) is 0 Å². The molecule has 0 bridgehead atoms. The highest BCUT2D eigenvalue weighted by Crippen LogP contribution is 2.41. The van der Waals surface area contributed by atoms with Gasteiger partial charge in [0.1, 0.15) is 5.82 Å². The Bertz CT molecular complexity index is 461. The van der Waals surface area contributed by atoms with Crippen LogP contribution in [0.1, 0.15) is 32.1 Å². The molecule has 1 aliphatic carbocycles. The van der Waals surface area contributed by atoms with Gasteiger partial charge in [-0.25, -0.2) is 8.78 Å². The van der Waals surface area contributed by atoms with Crippen molar-refractivity contribution in [1.82, 2.24) is 0 Å². The Morgan fingerprint density at radius 2 is 1.89 bits per heavy atom. The lowest BCUT2D eigenvalue weighted by Crippen LogP contribution is -2.35. The average Bonchev–Trinajstić information content (AvgIpc) is 2.77. The molecule has 1 heterocycles. The van der Waals surface area contributed by atoms with E-state index in [-0.39, 0.29) is 5.69 Å². The molecule has 1 aliphatic heterocycles. The standard InChI is InChI=1S/C14H18F2N2/c15-10-7-11(16)14(17)13(8-10)18-6-5-9-3-1-2-4-12(9)18/h7-9,12H,1-6,17H2. The second-order valence-corrected chi connectivity index (χ2v) is 5.41. The van der Waals surface area contributed by atoms with E-state index < -0.39 is 11.6 Å². The topological polar surface area (TPSA) is 29.3 Å². The predicted octanol–water partition coefficient (Wildman–Crippen LogP) is 3.32. The van der Waals surface area contributed by atoms with Gasteiger partial charge in [-0.15, -0.1) is 0 Å². The Labute approximate surface area is 106 Å². The van der Waals surface area contributed by atoms with Crippen molar-refractivity contribution in [2.24, 2.45) is 5.92 Å². The molecule has 98 valence electrons. The smallest absolute Gasteiger partial charge is 0.151 e. The fraction of sp³-hybridized carbons (Fsp3) is 0.571. The Kier molecular flexibility index (Phi) is 2.88. The summed E-state index contributed by atoms with van der Waals surface area (Å²) in [5.74, 6) is -0.523. The Morgan fingerprint density at radius 1 is 1.11 bits per heavy atom. The van der Waals surface area contributed by atoms with Crippen LogP contribution in [-0.4, -0.2) is 12.6 Å². The van der Waals surface area contributed by atoms with Crippen molar-refractivity contribution in [3.05, 3.63) is 23.8 Å². The molecule has 18 heavy (non-hydrogen) atoms. The summed E-state index contributed by atoms with van der Waals surface area (Å²) < 4.78 is 26.9. The van der Waals surface area contributed by atoms with Crippen LogP contribution >= 0.6 is 0 Å². The molecule has 4 heteroatoms. The van der Waals surface area contributed by atoms with Gasteiger partial charge in [0.05, 0.1) is 11.4 Å². The van der Waals surface area contributed by atoms with Crippen LogP contribution in [0.15, 0.2) is 12.1 Å². The molecule has 1 saturated heterocycles. The van der Waals surface area contributed by atoms with E-state index in [1.165, 1.54) is 25.3 Å². The minimum absolute atomic E-state index is 0.0858. The van der Waals surface area contributed by atoms with Gasteiger partial charge >= 0.3 is 0 Å². The molecule has 2 atom stereocenters. The molecule has 1 aromatic rings. The Morgan fingerprint density at radius 3 is 2.72 bits per heavy atom. The quantitative estimate of drug-likeness (QED) is 0.777. The molecule has 2 N–H and O–H groups in total. The molecule has 0 radical (unpaired) electrons. The van der Waals surface area contributed by atoms with Crippen molar-refractivity contribution >= 4 is 11.4 Å². The molecular weight excluding hydrogens is 234 g/mol. The van der Waals surface area contributed by atoms with Crippen molar-refractivity contribution in [3.63, 3.8) is 0 Å². The van der Waals surface area contributed by atoms with Gasteiger partial charge in [-0.05, 0) is 31.2 Å². The number of anilines is 2. The maximum absolute atomic E-state index is 13.5. The lowest BCUT2D eigenvalue weighted by molar-refractivity contribution is 0.342. The molecule has 1 saturated carbocycles. The lowest BCUT2D eigenvalue weighted by Gasteiger charge is -2.33. The van der Waals surface area contributed by atoms with E-state index in [1.54, 1.807) is 0 Å². The van der Waals surface area contributed by atoms with E-state index in [9.17, 15) is 8.78 Å². The summed E-state index contributed by atoms with van der Waals surface area (Å²) in [6.45, 7) is 0.864. The second kappa shape index (κ2) is 4.41. The minimum atomic E-state index is -0.649. The molecular formula is C14H18F2N2. The third kappa shape index (κ3) is 1.84. The minimum Gasteiger partial charge on any atom is -0.395 e. The number of nitrogen functional groups attached to an aromatic ring is 1. The maximum Gasteiger partial charge on any atom is 0.151 e. The van der Waals surface area contributed by atoms with Gasteiger partial charge in [-0.3, -0.25) is 0 Å². The number of nitrogens with two attached hydrogens (primary N) is 1. The van der Waals surface area contributed by atoms with Crippen molar-refractivity contribution in [3.8, 4) is 0 Å². The van der Waals surface area contributed by atoms with Crippen molar-refractivity contribution < 1.29 is 8.78 Å². The number of rotatable bonds is 1. The van der Waals surface area contributed by atoms with Crippen LogP contribution in [0.3, 0.4) is 0 Å². The SMILES string of the molecule is Nc1c(F)cc(F)cc1N1CCC2CCCCC21. The van der Waals surface area contributed by atoms with E-state index in [1.807, 2.05) is 0 Å². The zero-order valence-electron chi connectivity index (χ0n) is 10.3. The highest BCUT2D eigenvalue weighted by Gasteiger charge is 2.36. The first-order chi connectivity index (χ1) is 8.66. The Balaban J connectivity index is 1.95. The highest BCUT2D eigenvalue weighted by molar-refractivity contribution is 5.69. The normalized spacial score (nSPS) is 27.3. The van der Waals surface area contributed by atoms with Crippen LogP contribution < -0.4 is 10.6 Å². The zero-order chi connectivity index (χ0) is 12.7. The largest absolute Gasteiger partial charge is 0.395 e. The molecule has 2 fully saturated rings. The van der Waals surface area contributed by atoms with Gasteiger partial charge in [0, 0.05) is 18.7 Å². The fourth-order valence-corrected chi connectivity index (χ4v) is 3.51. The first-order valence-corrected chi connectivity index (χ1v) is 6.68. The van der Waals surface area contributed by atoms with Gasteiger partial charge in [0.15, 0.2) is 5.82 Å². The summed E-state index contributed by atoms with van der Waals surface area (Å²) >= 11 is 0. The second-order valence-electron chi connectivity index (χ2n) is 5.41. The summed E-state index contributed by atoms with van der Waals surface area (Å²) in [5, 5.41) is 0. The number of nitrogens with zero attached hydrogens (tertiary/aromatic N) is 1. The average molecular weight is 252 g/mol. The van der Waals surface area contributed by atoms with E-state index in [0.717, 1.165) is 25.5 Å². The summed E-state index contributed by atoms with van der Waals surface area (Å²) in [7, 11) is 0. The third-order valence-corrected chi connectivity index (χ3v) is 4.39. The zero-order valence-corrected chi connectivity index (χ0v) is 10.3. The summed E-state index contributed by atoms with van der Waals surface area (Å²) in [5.41, 5.74) is 6.40. The van der Waals surface area contributed by atoms with Crippen LogP contribution in [0.25, 0.3) is 0 Å². The molecule has 0 aromatic heterocycles. The molecule has 2 nitrogen and oxygen atoms in total. The van der Waals surface area contributed by atoms with E-state index >= 15 is 0 Å². The molecule has 3 rings (SSSR count). The van der Waals surface area contributed by atoms with Crippen LogP contribution in [0.5, 0.6) is 0 Å². The number of hydrogen-bond donors (Lipinski definition) is 1.